The van der Waals surface area contributed by atoms with Crippen molar-refractivity contribution < 1.29 is 19.4 Å². The Balaban J connectivity index is 2.26. The van der Waals surface area contributed by atoms with Gasteiger partial charge in [-0.25, -0.2) is 0 Å². The number of nitrogens with zero attached hydrogens (tertiary/aromatic N) is 1. The van der Waals surface area contributed by atoms with E-state index in [1.807, 2.05) is 38.1 Å². The number of benzene rings is 2. The third-order valence-electron chi connectivity index (χ3n) is 4.78. The Kier molecular flexibility index (Phi) is 5.75. The van der Waals surface area contributed by atoms with Crippen LogP contribution in [0.25, 0.3) is 5.76 Å². The van der Waals surface area contributed by atoms with Gasteiger partial charge >= 0.3 is 0 Å². The number of hydrogen-bond acceptors (Lipinski definition) is 4. The van der Waals surface area contributed by atoms with Gasteiger partial charge in [-0.2, -0.15) is 0 Å². The lowest BCUT2D eigenvalue weighted by Crippen LogP contribution is -2.30. The lowest BCUT2D eigenvalue weighted by molar-refractivity contribution is -0.139. The molecule has 0 aromatic heterocycles. The maximum atomic E-state index is 12.9. The number of halogens is 1. The van der Waals surface area contributed by atoms with Crippen LogP contribution in [0.3, 0.4) is 0 Å². The number of ether oxygens (including phenoxy) is 1. The highest BCUT2D eigenvalue weighted by Crippen LogP contribution is 2.41. The molecule has 28 heavy (non-hydrogen) atoms. The molecule has 2 aromatic carbocycles. The number of ketones is 1. The van der Waals surface area contributed by atoms with Gasteiger partial charge in [0.25, 0.3) is 11.7 Å². The Hall–Kier alpha value is -2.79. The average molecular weight is 400 g/mol. The van der Waals surface area contributed by atoms with Crippen molar-refractivity contribution in [1.29, 1.82) is 0 Å². The first-order valence-corrected chi connectivity index (χ1v) is 9.45. The lowest BCUT2D eigenvalue weighted by Gasteiger charge is -2.25. The van der Waals surface area contributed by atoms with Gasteiger partial charge in [0.1, 0.15) is 11.5 Å². The molecule has 0 saturated carbocycles. The second kappa shape index (κ2) is 8.07. The summed E-state index contributed by atoms with van der Waals surface area (Å²) in [7, 11) is 1.47. The number of carbonyl (C=O) groups excluding carboxylic acids is 2. The molecule has 0 aliphatic carbocycles. The fraction of sp³-hybridized carbons (Fsp3) is 0.273. The number of aliphatic hydroxyl groups excluding tert-OH is 1. The predicted molar refractivity (Wildman–Crippen MR) is 108 cm³/mol. The van der Waals surface area contributed by atoms with Crippen LogP contribution in [0.2, 0.25) is 5.02 Å². The maximum absolute atomic E-state index is 12.9. The molecule has 1 aliphatic rings. The normalized spacial score (nSPS) is 18.6. The van der Waals surface area contributed by atoms with Crippen molar-refractivity contribution in [3.63, 3.8) is 0 Å². The van der Waals surface area contributed by atoms with E-state index < -0.39 is 17.7 Å². The Morgan fingerprint density at radius 1 is 1.21 bits per heavy atom. The van der Waals surface area contributed by atoms with Gasteiger partial charge in [0.05, 0.1) is 24.3 Å². The third-order valence-corrected chi connectivity index (χ3v) is 5.01. The summed E-state index contributed by atoms with van der Waals surface area (Å²) in [6.45, 7) is 4.29. The van der Waals surface area contributed by atoms with Crippen LogP contribution in [0, 0.1) is 6.92 Å². The second-order valence-electron chi connectivity index (χ2n) is 6.75. The summed E-state index contributed by atoms with van der Waals surface area (Å²) in [5.41, 5.74) is 2.10. The Morgan fingerprint density at radius 3 is 2.61 bits per heavy atom. The third kappa shape index (κ3) is 3.50. The van der Waals surface area contributed by atoms with Gasteiger partial charge in [0.15, 0.2) is 0 Å². The number of aliphatic hydroxyl groups is 1. The van der Waals surface area contributed by atoms with E-state index in [-0.39, 0.29) is 16.9 Å². The number of carbonyl (C=O) groups is 2. The van der Waals surface area contributed by atoms with Gasteiger partial charge in [-0.1, -0.05) is 48.4 Å². The van der Waals surface area contributed by atoms with Gasteiger partial charge < -0.3 is 14.7 Å². The molecule has 0 bridgehead atoms. The SMILES string of the molecule is CCCN1C(=O)C(=O)/C(=C(/O)c2cc(Cl)ccc2OC)C1c1cccc(C)c1. The zero-order valence-corrected chi connectivity index (χ0v) is 16.8. The minimum Gasteiger partial charge on any atom is -0.507 e. The summed E-state index contributed by atoms with van der Waals surface area (Å²) in [4.78, 5) is 27.1. The fourth-order valence-electron chi connectivity index (χ4n) is 3.55. The molecule has 0 spiro atoms. The molecule has 1 aliphatic heterocycles. The highest BCUT2D eigenvalue weighted by atomic mass is 35.5. The average Bonchev–Trinajstić information content (AvgIpc) is 2.92. The Bertz CT molecular complexity index is 967. The number of methoxy groups -OCH3 is 1. The molecule has 6 heteroatoms. The lowest BCUT2D eigenvalue weighted by atomic mass is 9.94. The molecule has 1 atom stereocenters. The molecule has 1 fully saturated rings. The standard InChI is InChI=1S/C22H22ClNO4/c1-4-10-24-19(14-7-5-6-13(2)11-14)18(21(26)22(24)27)20(25)16-12-15(23)8-9-17(16)28-3/h5-9,11-12,19,25H,4,10H2,1-3H3/b20-18+. The number of amides is 1. The Morgan fingerprint density at radius 2 is 1.96 bits per heavy atom. The number of aryl methyl sites for hydroxylation is 1. The van der Waals surface area contributed by atoms with Gasteiger partial charge in [0, 0.05) is 11.6 Å². The van der Waals surface area contributed by atoms with Gasteiger partial charge in [-0.3, -0.25) is 9.59 Å². The quantitative estimate of drug-likeness (QED) is 0.457. The summed E-state index contributed by atoms with van der Waals surface area (Å²) >= 11 is 6.09. The van der Waals surface area contributed by atoms with Crippen molar-refractivity contribution in [1.82, 2.24) is 4.90 Å². The van der Waals surface area contributed by atoms with E-state index in [2.05, 4.69) is 0 Å². The molecule has 1 saturated heterocycles. The molecular weight excluding hydrogens is 378 g/mol. The highest BCUT2D eigenvalue weighted by molar-refractivity contribution is 6.46. The van der Waals surface area contributed by atoms with E-state index in [1.165, 1.54) is 18.1 Å². The summed E-state index contributed by atoms with van der Waals surface area (Å²) in [5.74, 6) is -1.25. The van der Waals surface area contributed by atoms with Crippen LogP contribution in [0.15, 0.2) is 48.0 Å². The van der Waals surface area contributed by atoms with Crippen molar-refractivity contribution in [3.8, 4) is 5.75 Å². The smallest absolute Gasteiger partial charge is 0.295 e. The first kappa shape index (κ1) is 20.0. The number of Topliss-reactive ketones (excluding diaryl/α,β-unsaturated/α-hetero) is 1. The van der Waals surface area contributed by atoms with Crippen LogP contribution in [0.4, 0.5) is 0 Å². The van der Waals surface area contributed by atoms with E-state index >= 15 is 0 Å². The van der Waals surface area contributed by atoms with Gasteiger partial charge in [-0.05, 0) is 37.1 Å². The molecule has 1 amide bonds. The van der Waals surface area contributed by atoms with E-state index in [9.17, 15) is 14.7 Å². The molecular formula is C22H22ClNO4. The first-order valence-electron chi connectivity index (χ1n) is 9.08. The van der Waals surface area contributed by atoms with E-state index in [0.717, 1.165) is 11.1 Å². The minimum atomic E-state index is -0.709. The zero-order chi connectivity index (χ0) is 20.4. The molecule has 1 heterocycles. The summed E-state index contributed by atoms with van der Waals surface area (Å²) in [5, 5.41) is 11.5. The molecule has 2 aromatic rings. The molecule has 3 rings (SSSR count). The van der Waals surface area contributed by atoms with Crippen LogP contribution in [-0.4, -0.2) is 35.4 Å². The number of hydrogen-bond donors (Lipinski definition) is 1. The topological polar surface area (TPSA) is 66.8 Å². The number of rotatable bonds is 5. The van der Waals surface area contributed by atoms with Gasteiger partial charge in [-0.15, -0.1) is 0 Å². The summed E-state index contributed by atoms with van der Waals surface area (Å²) in [6.07, 6.45) is 0.690. The van der Waals surface area contributed by atoms with E-state index in [1.54, 1.807) is 12.1 Å². The number of likely N-dealkylation sites (tertiary alicyclic amines) is 1. The van der Waals surface area contributed by atoms with Crippen molar-refractivity contribution in [3.05, 3.63) is 69.8 Å². The van der Waals surface area contributed by atoms with E-state index in [4.69, 9.17) is 16.3 Å². The minimum absolute atomic E-state index is 0.0459. The van der Waals surface area contributed by atoms with Crippen molar-refractivity contribution in [2.24, 2.45) is 0 Å². The van der Waals surface area contributed by atoms with Crippen LogP contribution in [0.5, 0.6) is 5.75 Å². The van der Waals surface area contributed by atoms with Crippen LogP contribution in [0.1, 0.15) is 36.1 Å². The van der Waals surface area contributed by atoms with Gasteiger partial charge in [0.2, 0.25) is 0 Å². The largest absolute Gasteiger partial charge is 0.507 e. The predicted octanol–water partition coefficient (Wildman–Crippen LogP) is 4.49. The highest BCUT2D eigenvalue weighted by Gasteiger charge is 2.45. The monoisotopic (exact) mass is 399 g/mol. The molecule has 1 unspecified atom stereocenters. The van der Waals surface area contributed by atoms with Crippen LogP contribution >= 0.6 is 11.6 Å². The summed E-state index contributed by atoms with van der Waals surface area (Å²) < 4.78 is 5.31. The van der Waals surface area contributed by atoms with Crippen molar-refractivity contribution in [2.45, 2.75) is 26.3 Å². The molecule has 1 N–H and O–H groups in total. The summed E-state index contributed by atoms with van der Waals surface area (Å²) in [6, 6.07) is 11.7. The fourth-order valence-corrected chi connectivity index (χ4v) is 3.72. The Labute approximate surface area is 169 Å². The van der Waals surface area contributed by atoms with Crippen LogP contribution < -0.4 is 4.74 Å². The van der Waals surface area contributed by atoms with E-state index in [0.29, 0.717) is 23.7 Å². The maximum Gasteiger partial charge on any atom is 0.295 e. The second-order valence-corrected chi connectivity index (χ2v) is 7.19. The molecule has 0 radical (unpaired) electrons. The zero-order valence-electron chi connectivity index (χ0n) is 16.0. The van der Waals surface area contributed by atoms with Crippen LogP contribution in [-0.2, 0) is 9.59 Å². The van der Waals surface area contributed by atoms with Crippen molar-refractivity contribution in [2.75, 3.05) is 13.7 Å². The van der Waals surface area contributed by atoms with Crippen molar-refractivity contribution >= 4 is 29.1 Å². The first-order chi connectivity index (χ1) is 13.4. The molecule has 146 valence electrons. The molecule has 5 nitrogen and oxygen atoms in total.